The van der Waals surface area contributed by atoms with Crippen molar-refractivity contribution in [3.63, 3.8) is 0 Å². The third-order valence-electron chi connectivity index (χ3n) is 3.63. The maximum Gasteiger partial charge on any atom is 0.150 e. The molecule has 3 heteroatoms. The lowest BCUT2D eigenvalue weighted by Crippen LogP contribution is -2.34. The molecule has 1 aromatic rings. The van der Waals surface area contributed by atoms with Crippen LogP contribution in [0.1, 0.15) is 17.3 Å². The highest BCUT2D eigenvalue weighted by Gasteiger charge is 2.30. The van der Waals surface area contributed by atoms with Crippen molar-refractivity contribution < 1.29 is 4.79 Å². The van der Waals surface area contributed by atoms with Crippen molar-refractivity contribution in [2.45, 2.75) is 13.0 Å². The Labute approximate surface area is 103 Å². The third-order valence-corrected chi connectivity index (χ3v) is 3.63. The van der Waals surface area contributed by atoms with E-state index in [1.807, 2.05) is 24.3 Å². The molecule has 3 nitrogen and oxygen atoms in total. The highest BCUT2D eigenvalue weighted by Crippen LogP contribution is 2.25. The first-order valence-corrected chi connectivity index (χ1v) is 6.08. The van der Waals surface area contributed by atoms with E-state index in [0.717, 1.165) is 24.9 Å². The van der Waals surface area contributed by atoms with Gasteiger partial charge in [-0.25, -0.2) is 0 Å². The zero-order valence-electron chi connectivity index (χ0n) is 10.8. The predicted octanol–water partition coefficient (Wildman–Crippen LogP) is 1.89. The Morgan fingerprint density at radius 1 is 1.24 bits per heavy atom. The van der Waals surface area contributed by atoms with E-state index in [4.69, 9.17) is 0 Å². The van der Waals surface area contributed by atoms with Crippen LogP contribution in [0.2, 0.25) is 0 Å². The fourth-order valence-corrected chi connectivity index (χ4v) is 2.60. The van der Waals surface area contributed by atoms with Gasteiger partial charge >= 0.3 is 0 Å². The van der Waals surface area contributed by atoms with Crippen LogP contribution in [0.4, 0.5) is 5.69 Å². The number of carbonyl (C=O) groups is 1. The van der Waals surface area contributed by atoms with E-state index in [2.05, 4.69) is 30.8 Å². The maximum atomic E-state index is 10.6. The van der Waals surface area contributed by atoms with E-state index >= 15 is 0 Å². The first-order valence-electron chi connectivity index (χ1n) is 6.08. The highest BCUT2D eigenvalue weighted by molar-refractivity contribution is 5.75. The summed E-state index contributed by atoms with van der Waals surface area (Å²) in [5, 5.41) is 0. The molecule has 2 rings (SSSR count). The molecule has 1 aromatic carbocycles. The predicted molar refractivity (Wildman–Crippen MR) is 70.7 cm³/mol. The molecule has 0 aliphatic carbocycles. The van der Waals surface area contributed by atoms with Gasteiger partial charge in [-0.05, 0) is 44.3 Å². The molecule has 0 aromatic heterocycles. The van der Waals surface area contributed by atoms with Gasteiger partial charge in [0.25, 0.3) is 0 Å². The second kappa shape index (κ2) is 4.88. The minimum absolute atomic E-state index is 0.612. The number of likely N-dealkylation sites (N-methyl/N-ethyl adjacent to an activating group) is 1. The quantitative estimate of drug-likeness (QED) is 0.743. The Kier molecular flexibility index (Phi) is 3.48. The van der Waals surface area contributed by atoms with E-state index in [0.29, 0.717) is 12.0 Å². The highest BCUT2D eigenvalue weighted by atomic mass is 16.1. The molecule has 0 bridgehead atoms. The molecule has 2 atom stereocenters. The number of benzene rings is 1. The van der Waals surface area contributed by atoms with Gasteiger partial charge in [-0.15, -0.1) is 0 Å². The average molecular weight is 232 g/mol. The molecule has 1 fully saturated rings. The molecular formula is C14H20N2O. The standard InChI is InChI=1S/C14H20N2O/c1-11-8-16(9-14(11)15(2)3)13-6-4-12(10-17)5-7-13/h4-7,10-11,14H,8-9H2,1-3H3. The van der Waals surface area contributed by atoms with E-state index in [1.165, 1.54) is 5.69 Å². The Morgan fingerprint density at radius 3 is 2.35 bits per heavy atom. The summed E-state index contributed by atoms with van der Waals surface area (Å²) >= 11 is 0. The zero-order chi connectivity index (χ0) is 12.4. The number of aldehydes is 1. The van der Waals surface area contributed by atoms with Gasteiger partial charge in [0.2, 0.25) is 0 Å². The van der Waals surface area contributed by atoms with Gasteiger partial charge in [0.1, 0.15) is 6.29 Å². The lowest BCUT2D eigenvalue weighted by Gasteiger charge is -2.23. The van der Waals surface area contributed by atoms with Crippen LogP contribution in [0.5, 0.6) is 0 Å². The third kappa shape index (κ3) is 2.50. The number of carbonyl (C=O) groups excluding carboxylic acids is 1. The molecule has 92 valence electrons. The molecule has 2 unspecified atom stereocenters. The summed E-state index contributed by atoms with van der Waals surface area (Å²) in [6, 6.07) is 8.45. The summed E-state index contributed by atoms with van der Waals surface area (Å²) in [6.07, 6.45) is 0.888. The molecule has 0 spiro atoms. The van der Waals surface area contributed by atoms with Crippen LogP contribution in [0.25, 0.3) is 0 Å². The Balaban J connectivity index is 2.11. The SMILES string of the molecule is CC1CN(c2ccc(C=O)cc2)CC1N(C)C. The molecule has 1 aliphatic heterocycles. The van der Waals surface area contributed by atoms with Gasteiger partial charge < -0.3 is 9.80 Å². The summed E-state index contributed by atoms with van der Waals surface area (Å²) in [6.45, 7) is 4.45. The fourth-order valence-electron chi connectivity index (χ4n) is 2.60. The van der Waals surface area contributed by atoms with Crippen molar-refractivity contribution in [3.05, 3.63) is 29.8 Å². The van der Waals surface area contributed by atoms with E-state index in [1.54, 1.807) is 0 Å². The molecule has 0 amide bonds. The Bertz CT molecular complexity index is 386. The summed E-state index contributed by atoms with van der Waals surface area (Å²) in [5.74, 6) is 0.677. The molecule has 1 saturated heterocycles. The number of rotatable bonds is 3. The zero-order valence-corrected chi connectivity index (χ0v) is 10.8. The van der Waals surface area contributed by atoms with Crippen LogP contribution >= 0.6 is 0 Å². The topological polar surface area (TPSA) is 23.6 Å². The average Bonchev–Trinajstić information content (AvgIpc) is 2.71. The number of nitrogens with zero attached hydrogens (tertiary/aromatic N) is 2. The first-order chi connectivity index (χ1) is 8.11. The second-order valence-corrected chi connectivity index (χ2v) is 5.12. The largest absolute Gasteiger partial charge is 0.370 e. The van der Waals surface area contributed by atoms with E-state index < -0.39 is 0 Å². The van der Waals surface area contributed by atoms with Crippen LogP contribution in [0, 0.1) is 5.92 Å². The van der Waals surface area contributed by atoms with Gasteiger partial charge in [0.05, 0.1) is 0 Å². The van der Waals surface area contributed by atoms with Crippen molar-refractivity contribution >= 4 is 12.0 Å². The minimum Gasteiger partial charge on any atom is -0.370 e. The van der Waals surface area contributed by atoms with Crippen LogP contribution < -0.4 is 4.90 Å². The van der Waals surface area contributed by atoms with Gasteiger partial charge in [-0.1, -0.05) is 6.92 Å². The summed E-state index contributed by atoms with van der Waals surface area (Å²) in [5.41, 5.74) is 1.96. The molecule has 0 radical (unpaired) electrons. The summed E-state index contributed by atoms with van der Waals surface area (Å²) < 4.78 is 0. The molecule has 0 N–H and O–H groups in total. The maximum absolute atomic E-state index is 10.6. The van der Waals surface area contributed by atoms with Crippen molar-refractivity contribution in [1.82, 2.24) is 4.90 Å². The molecule has 1 heterocycles. The van der Waals surface area contributed by atoms with Gasteiger partial charge in [0.15, 0.2) is 0 Å². The van der Waals surface area contributed by atoms with Crippen molar-refractivity contribution in [2.75, 3.05) is 32.1 Å². The Hall–Kier alpha value is -1.35. The number of hydrogen-bond acceptors (Lipinski definition) is 3. The van der Waals surface area contributed by atoms with Crippen LogP contribution in [0.15, 0.2) is 24.3 Å². The van der Waals surface area contributed by atoms with Gasteiger partial charge in [-0.2, -0.15) is 0 Å². The second-order valence-electron chi connectivity index (χ2n) is 5.12. The normalized spacial score (nSPS) is 24.4. The van der Waals surface area contributed by atoms with Gasteiger partial charge in [0, 0.05) is 30.4 Å². The van der Waals surface area contributed by atoms with Crippen LogP contribution in [-0.4, -0.2) is 44.4 Å². The van der Waals surface area contributed by atoms with Crippen LogP contribution in [-0.2, 0) is 0 Å². The lowest BCUT2D eigenvalue weighted by molar-refractivity contribution is 0.112. The number of anilines is 1. The van der Waals surface area contributed by atoms with E-state index in [-0.39, 0.29) is 0 Å². The van der Waals surface area contributed by atoms with E-state index in [9.17, 15) is 4.79 Å². The smallest absolute Gasteiger partial charge is 0.150 e. The van der Waals surface area contributed by atoms with Gasteiger partial charge in [-0.3, -0.25) is 4.79 Å². The number of hydrogen-bond donors (Lipinski definition) is 0. The first kappa shape index (κ1) is 12.1. The Morgan fingerprint density at radius 2 is 1.88 bits per heavy atom. The molecule has 0 saturated carbocycles. The monoisotopic (exact) mass is 232 g/mol. The summed E-state index contributed by atoms with van der Waals surface area (Å²) in [4.78, 5) is 15.3. The lowest BCUT2D eigenvalue weighted by atomic mass is 10.1. The molecule has 1 aliphatic rings. The molecule has 17 heavy (non-hydrogen) atoms. The minimum atomic E-state index is 0.612. The fraction of sp³-hybridized carbons (Fsp3) is 0.500. The van der Waals surface area contributed by atoms with Crippen LogP contribution in [0.3, 0.4) is 0 Å². The summed E-state index contributed by atoms with van der Waals surface area (Å²) in [7, 11) is 4.28. The van der Waals surface area contributed by atoms with Crippen molar-refractivity contribution in [2.24, 2.45) is 5.92 Å². The van der Waals surface area contributed by atoms with Crippen molar-refractivity contribution in [1.29, 1.82) is 0 Å². The van der Waals surface area contributed by atoms with Crippen molar-refractivity contribution in [3.8, 4) is 0 Å². The molecular weight excluding hydrogens is 212 g/mol.